The van der Waals surface area contributed by atoms with Crippen LogP contribution in [0.2, 0.25) is 0 Å². The Morgan fingerprint density at radius 3 is 2.90 bits per heavy atom. The van der Waals surface area contributed by atoms with Crippen molar-refractivity contribution in [1.29, 1.82) is 0 Å². The topological polar surface area (TPSA) is 87.4 Å². The van der Waals surface area contributed by atoms with Gasteiger partial charge in [0.25, 0.3) is 5.91 Å². The molecule has 2 aromatic rings. The normalized spacial score (nSPS) is 10.6. The van der Waals surface area contributed by atoms with Crippen LogP contribution in [0.5, 0.6) is 5.75 Å². The fourth-order valence-electron chi connectivity index (χ4n) is 1.78. The summed E-state index contributed by atoms with van der Waals surface area (Å²) >= 11 is 0. The second-order valence-electron chi connectivity index (χ2n) is 4.22. The number of nitrogens with zero attached hydrogens (tertiary/aromatic N) is 2. The van der Waals surface area contributed by atoms with Gasteiger partial charge in [-0.25, -0.2) is 9.07 Å². The average molecular weight is 279 g/mol. The van der Waals surface area contributed by atoms with Crippen LogP contribution >= 0.6 is 0 Å². The number of carbonyl (C=O) groups is 1. The van der Waals surface area contributed by atoms with Crippen molar-refractivity contribution in [3.05, 3.63) is 41.5 Å². The number of halogens is 1. The SMILES string of the molecule is Cc1cc(F)ccc1-n1cc(O)c(C(=O)NCCO)n1. The highest BCUT2D eigenvalue weighted by molar-refractivity contribution is 5.94. The van der Waals surface area contributed by atoms with Crippen LogP contribution < -0.4 is 5.32 Å². The number of aromatic nitrogens is 2. The number of amides is 1. The molecule has 0 bridgehead atoms. The number of aliphatic hydroxyl groups is 1. The quantitative estimate of drug-likeness (QED) is 0.770. The largest absolute Gasteiger partial charge is 0.504 e. The van der Waals surface area contributed by atoms with Crippen molar-refractivity contribution in [2.75, 3.05) is 13.2 Å². The molecule has 1 amide bonds. The van der Waals surface area contributed by atoms with Crippen molar-refractivity contribution in [3.8, 4) is 11.4 Å². The minimum absolute atomic E-state index is 0.0701. The number of aryl methyl sites for hydroxylation is 1. The van der Waals surface area contributed by atoms with Gasteiger partial charge in [0.15, 0.2) is 11.4 Å². The van der Waals surface area contributed by atoms with E-state index < -0.39 is 5.91 Å². The molecule has 0 saturated heterocycles. The first-order valence-electron chi connectivity index (χ1n) is 5.97. The summed E-state index contributed by atoms with van der Waals surface area (Å²) in [7, 11) is 0. The second kappa shape index (κ2) is 5.70. The van der Waals surface area contributed by atoms with Gasteiger partial charge in [-0.15, -0.1) is 0 Å². The van der Waals surface area contributed by atoms with Gasteiger partial charge in [0.2, 0.25) is 0 Å². The van der Waals surface area contributed by atoms with Gasteiger partial charge in [-0.2, -0.15) is 5.10 Å². The molecule has 7 heteroatoms. The Balaban J connectivity index is 2.33. The monoisotopic (exact) mass is 279 g/mol. The van der Waals surface area contributed by atoms with Crippen molar-refractivity contribution < 1.29 is 19.4 Å². The van der Waals surface area contributed by atoms with Crippen LogP contribution in [0.3, 0.4) is 0 Å². The fraction of sp³-hybridized carbons (Fsp3) is 0.231. The Labute approximate surface area is 114 Å². The van der Waals surface area contributed by atoms with Gasteiger partial charge in [-0.3, -0.25) is 4.79 Å². The number of aliphatic hydroxyl groups excluding tert-OH is 1. The first kappa shape index (κ1) is 14.0. The van der Waals surface area contributed by atoms with E-state index >= 15 is 0 Å². The number of benzene rings is 1. The smallest absolute Gasteiger partial charge is 0.275 e. The van der Waals surface area contributed by atoms with Crippen molar-refractivity contribution >= 4 is 5.91 Å². The summed E-state index contributed by atoms with van der Waals surface area (Å²) in [5, 5.41) is 24.7. The molecule has 1 aromatic carbocycles. The molecule has 0 spiro atoms. The average Bonchev–Trinajstić information content (AvgIpc) is 2.78. The minimum Gasteiger partial charge on any atom is -0.504 e. The van der Waals surface area contributed by atoms with Crippen LogP contribution in [-0.4, -0.2) is 39.1 Å². The lowest BCUT2D eigenvalue weighted by Crippen LogP contribution is -2.26. The predicted molar refractivity (Wildman–Crippen MR) is 69.3 cm³/mol. The summed E-state index contributed by atoms with van der Waals surface area (Å²) in [6.45, 7) is 1.56. The maximum absolute atomic E-state index is 13.0. The Bertz CT molecular complexity index is 640. The van der Waals surface area contributed by atoms with E-state index in [1.165, 1.54) is 29.1 Å². The van der Waals surface area contributed by atoms with Crippen LogP contribution in [0.1, 0.15) is 16.1 Å². The molecule has 0 radical (unpaired) electrons. The molecule has 3 N–H and O–H groups in total. The number of aromatic hydroxyl groups is 1. The Hall–Kier alpha value is -2.41. The molecular formula is C13H14FN3O3. The van der Waals surface area contributed by atoms with E-state index in [2.05, 4.69) is 10.4 Å². The number of rotatable bonds is 4. The Kier molecular flexibility index (Phi) is 3.99. The lowest BCUT2D eigenvalue weighted by molar-refractivity contribution is 0.0936. The molecule has 20 heavy (non-hydrogen) atoms. The van der Waals surface area contributed by atoms with Crippen molar-refractivity contribution in [3.63, 3.8) is 0 Å². The first-order chi connectivity index (χ1) is 9.52. The molecule has 0 saturated carbocycles. The minimum atomic E-state index is -0.588. The molecule has 0 aliphatic carbocycles. The molecule has 2 rings (SSSR count). The predicted octanol–water partition coefficient (Wildman–Crippen LogP) is 0.748. The number of carbonyl (C=O) groups excluding carboxylic acids is 1. The number of hydrogen-bond acceptors (Lipinski definition) is 4. The van der Waals surface area contributed by atoms with E-state index in [1.807, 2.05) is 0 Å². The summed E-state index contributed by atoms with van der Waals surface area (Å²) in [6, 6.07) is 4.11. The maximum atomic E-state index is 13.0. The third kappa shape index (κ3) is 2.77. The Morgan fingerprint density at radius 2 is 2.25 bits per heavy atom. The molecule has 106 valence electrons. The van der Waals surface area contributed by atoms with Gasteiger partial charge in [0.05, 0.1) is 18.5 Å². The molecular weight excluding hydrogens is 265 g/mol. The van der Waals surface area contributed by atoms with Gasteiger partial charge in [-0.1, -0.05) is 0 Å². The molecule has 0 fully saturated rings. The third-order valence-electron chi connectivity index (χ3n) is 2.71. The summed E-state index contributed by atoms with van der Waals surface area (Å²) in [5.41, 5.74) is 1.03. The van der Waals surface area contributed by atoms with Gasteiger partial charge in [-0.05, 0) is 30.7 Å². The van der Waals surface area contributed by atoms with Crippen molar-refractivity contribution in [2.45, 2.75) is 6.92 Å². The van der Waals surface area contributed by atoms with Gasteiger partial charge in [0, 0.05) is 6.54 Å². The highest BCUT2D eigenvalue weighted by Crippen LogP contribution is 2.20. The van der Waals surface area contributed by atoms with E-state index in [0.29, 0.717) is 11.3 Å². The van der Waals surface area contributed by atoms with Crippen LogP contribution in [0.4, 0.5) is 4.39 Å². The summed E-state index contributed by atoms with van der Waals surface area (Å²) in [4.78, 5) is 11.7. The summed E-state index contributed by atoms with van der Waals surface area (Å²) < 4.78 is 14.4. The first-order valence-corrected chi connectivity index (χ1v) is 5.97. The lowest BCUT2D eigenvalue weighted by atomic mass is 10.2. The van der Waals surface area contributed by atoms with E-state index in [1.54, 1.807) is 6.92 Å². The summed E-state index contributed by atoms with van der Waals surface area (Å²) in [5.74, 6) is -1.25. The number of nitrogens with one attached hydrogen (secondary N) is 1. The molecule has 0 atom stereocenters. The standard InChI is InChI=1S/C13H14FN3O3/c1-8-6-9(14)2-3-10(8)17-7-11(19)12(16-17)13(20)15-4-5-18/h2-3,6-7,18-19H,4-5H2,1H3,(H,15,20). The van der Waals surface area contributed by atoms with Crippen LogP contribution in [0.25, 0.3) is 5.69 Å². The molecule has 0 unspecified atom stereocenters. The van der Waals surface area contributed by atoms with Crippen molar-refractivity contribution in [1.82, 2.24) is 15.1 Å². The number of hydrogen-bond donors (Lipinski definition) is 3. The van der Waals surface area contributed by atoms with Gasteiger partial charge < -0.3 is 15.5 Å². The van der Waals surface area contributed by atoms with E-state index in [4.69, 9.17) is 5.11 Å². The highest BCUT2D eigenvalue weighted by Gasteiger charge is 2.17. The van der Waals surface area contributed by atoms with Crippen molar-refractivity contribution in [2.24, 2.45) is 0 Å². The second-order valence-corrected chi connectivity index (χ2v) is 4.22. The molecule has 6 nitrogen and oxygen atoms in total. The van der Waals surface area contributed by atoms with Crippen LogP contribution in [0, 0.1) is 12.7 Å². The molecule has 1 heterocycles. The van der Waals surface area contributed by atoms with Crippen LogP contribution in [-0.2, 0) is 0 Å². The van der Waals surface area contributed by atoms with E-state index in [9.17, 15) is 14.3 Å². The molecule has 0 aliphatic rings. The van der Waals surface area contributed by atoms with E-state index in [0.717, 1.165) is 0 Å². The van der Waals surface area contributed by atoms with E-state index in [-0.39, 0.29) is 30.4 Å². The maximum Gasteiger partial charge on any atom is 0.275 e. The third-order valence-corrected chi connectivity index (χ3v) is 2.71. The zero-order valence-electron chi connectivity index (χ0n) is 10.8. The van der Waals surface area contributed by atoms with Gasteiger partial charge in [0.1, 0.15) is 5.82 Å². The Morgan fingerprint density at radius 1 is 1.50 bits per heavy atom. The zero-order chi connectivity index (χ0) is 14.7. The van der Waals surface area contributed by atoms with Crippen LogP contribution in [0.15, 0.2) is 24.4 Å². The summed E-state index contributed by atoms with van der Waals surface area (Å²) in [6.07, 6.45) is 1.27. The molecule has 0 aliphatic heterocycles. The fourth-order valence-corrected chi connectivity index (χ4v) is 1.78. The molecule has 1 aromatic heterocycles. The lowest BCUT2D eigenvalue weighted by Gasteiger charge is -2.05. The zero-order valence-corrected chi connectivity index (χ0v) is 10.8. The highest BCUT2D eigenvalue weighted by atomic mass is 19.1. The van der Waals surface area contributed by atoms with Gasteiger partial charge >= 0.3 is 0 Å².